The van der Waals surface area contributed by atoms with E-state index in [4.69, 9.17) is 5.11 Å². The van der Waals surface area contributed by atoms with Crippen molar-refractivity contribution in [1.82, 2.24) is 20.0 Å². The minimum Gasteiger partial charge on any atom is -0.478 e. The van der Waals surface area contributed by atoms with Crippen molar-refractivity contribution in [2.75, 3.05) is 5.32 Å². The number of carbonyl (C=O) groups is 1. The highest BCUT2D eigenvalue weighted by molar-refractivity contribution is 5.92. The second-order valence-electron chi connectivity index (χ2n) is 3.38. The van der Waals surface area contributed by atoms with Gasteiger partial charge in [0.1, 0.15) is 17.1 Å². The molecule has 88 valence electrons. The van der Waals surface area contributed by atoms with Crippen LogP contribution in [0.5, 0.6) is 0 Å². The lowest BCUT2D eigenvalue weighted by Gasteiger charge is -2.05. The van der Waals surface area contributed by atoms with Crippen LogP contribution in [0, 0.1) is 0 Å². The second-order valence-corrected chi connectivity index (χ2v) is 3.38. The Morgan fingerprint density at radius 1 is 1.59 bits per heavy atom. The lowest BCUT2D eigenvalue weighted by Crippen LogP contribution is -2.08. The number of nitrogens with zero attached hydrogens (tertiary/aromatic N) is 4. The number of aryl methyl sites for hydroxylation is 1. The predicted molar refractivity (Wildman–Crippen MR) is 59.5 cm³/mol. The van der Waals surface area contributed by atoms with E-state index in [1.165, 1.54) is 17.1 Å². The van der Waals surface area contributed by atoms with Gasteiger partial charge in [-0.15, -0.1) is 0 Å². The molecule has 0 atom stereocenters. The molecule has 0 aliphatic carbocycles. The molecule has 0 amide bonds. The maximum Gasteiger partial charge on any atom is 0.339 e. The van der Waals surface area contributed by atoms with E-state index in [1.54, 1.807) is 19.3 Å². The molecule has 0 radical (unpaired) electrons. The minimum absolute atomic E-state index is 0.136. The van der Waals surface area contributed by atoms with Gasteiger partial charge >= 0.3 is 5.97 Å². The Bertz CT molecular complexity index is 537. The Balaban J connectivity index is 2.11. The smallest absolute Gasteiger partial charge is 0.339 e. The van der Waals surface area contributed by atoms with Gasteiger partial charge in [0.2, 0.25) is 0 Å². The standard InChI is InChI=1S/C10H11N5O2/c1-15-13-6-7(14-15)5-12-9-8(10(16)17)3-2-4-11-9/h2-4,6H,5H2,1H3,(H,11,12)(H,16,17). The van der Waals surface area contributed by atoms with Crippen LogP contribution in [-0.2, 0) is 13.6 Å². The average Bonchev–Trinajstić information content (AvgIpc) is 2.73. The van der Waals surface area contributed by atoms with E-state index in [0.29, 0.717) is 12.4 Å². The molecule has 0 aromatic carbocycles. The number of aromatic carboxylic acids is 1. The van der Waals surface area contributed by atoms with Crippen LogP contribution in [0.3, 0.4) is 0 Å². The average molecular weight is 233 g/mol. The molecule has 0 spiro atoms. The molecule has 0 unspecified atom stereocenters. The molecule has 7 nitrogen and oxygen atoms in total. The third-order valence-corrected chi connectivity index (χ3v) is 2.12. The van der Waals surface area contributed by atoms with Crippen molar-refractivity contribution in [2.24, 2.45) is 7.05 Å². The first-order chi connectivity index (χ1) is 8.16. The highest BCUT2D eigenvalue weighted by Crippen LogP contribution is 2.11. The molecule has 7 heteroatoms. The van der Waals surface area contributed by atoms with Crippen LogP contribution in [0.1, 0.15) is 16.1 Å². The van der Waals surface area contributed by atoms with Crippen LogP contribution >= 0.6 is 0 Å². The Hall–Kier alpha value is -2.44. The monoisotopic (exact) mass is 233 g/mol. The van der Waals surface area contributed by atoms with Gasteiger partial charge in [-0.2, -0.15) is 15.0 Å². The number of nitrogens with one attached hydrogen (secondary N) is 1. The van der Waals surface area contributed by atoms with Crippen LogP contribution in [0.25, 0.3) is 0 Å². The van der Waals surface area contributed by atoms with Gasteiger partial charge in [0.25, 0.3) is 0 Å². The summed E-state index contributed by atoms with van der Waals surface area (Å²) in [5, 5.41) is 19.9. The van der Waals surface area contributed by atoms with E-state index >= 15 is 0 Å². The van der Waals surface area contributed by atoms with Crippen LogP contribution in [0.2, 0.25) is 0 Å². The van der Waals surface area contributed by atoms with E-state index in [2.05, 4.69) is 20.5 Å². The summed E-state index contributed by atoms with van der Waals surface area (Å²) in [6.07, 6.45) is 3.14. The number of anilines is 1. The molecular formula is C10H11N5O2. The highest BCUT2D eigenvalue weighted by Gasteiger charge is 2.10. The zero-order valence-corrected chi connectivity index (χ0v) is 9.16. The molecule has 0 bridgehead atoms. The first-order valence-electron chi connectivity index (χ1n) is 4.94. The maximum absolute atomic E-state index is 10.9. The van der Waals surface area contributed by atoms with Crippen LogP contribution in [-0.4, -0.2) is 31.1 Å². The normalized spacial score (nSPS) is 10.2. The summed E-state index contributed by atoms with van der Waals surface area (Å²) in [6, 6.07) is 3.07. The summed E-state index contributed by atoms with van der Waals surface area (Å²) in [6.45, 7) is 0.380. The minimum atomic E-state index is -1.01. The van der Waals surface area contributed by atoms with Crippen molar-refractivity contribution in [3.63, 3.8) is 0 Å². The number of carboxylic acid groups (broad SMARTS) is 1. The number of aromatic nitrogens is 4. The fourth-order valence-corrected chi connectivity index (χ4v) is 1.36. The van der Waals surface area contributed by atoms with Crippen molar-refractivity contribution in [3.05, 3.63) is 35.8 Å². The third-order valence-electron chi connectivity index (χ3n) is 2.12. The zero-order valence-electron chi connectivity index (χ0n) is 9.16. The molecule has 17 heavy (non-hydrogen) atoms. The SMILES string of the molecule is Cn1ncc(CNc2ncccc2C(=O)O)n1. The summed E-state index contributed by atoms with van der Waals surface area (Å²) in [5.41, 5.74) is 0.853. The van der Waals surface area contributed by atoms with Gasteiger partial charge in [-0.1, -0.05) is 0 Å². The van der Waals surface area contributed by atoms with E-state index in [0.717, 1.165) is 5.69 Å². The second kappa shape index (κ2) is 4.60. The number of hydrogen-bond donors (Lipinski definition) is 2. The molecule has 2 aromatic heterocycles. The zero-order chi connectivity index (χ0) is 12.3. The first kappa shape index (κ1) is 11.1. The molecule has 0 aliphatic heterocycles. The number of rotatable bonds is 4. The number of pyridine rings is 1. The van der Waals surface area contributed by atoms with Crippen molar-refractivity contribution in [3.8, 4) is 0 Å². The van der Waals surface area contributed by atoms with Gasteiger partial charge in [0, 0.05) is 13.2 Å². The molecule has 0 saturated carbocycles. The van der Waals surface area contributed by atoms with Crippen molar-refractivity contribution in [1.29, 1.82) is 0 Å². The van der Waals surface area contributed by atoms with Crippen LogP contribution in [0.15, 0.2) is 24.5 Å². The van der Waals surface area contributed by atoms with E-state index in [9.17, 15) is 4.79 Å². The molecule has 0 aliphatic rings. The van der Waals surface area contributed by atoms with Gasteiger partial charge in [0.05, 0.1) is 12.7 Å². The fraction of sp³-hybridized carbons (Fsp3) is 0.200. The van der Waals surface area contributed by atoms with Crippen molar-refractivity contribution >= 4 is 11.8 Å². The number of carboxylic acids is 1. The third kappa shape index (κ3) is 2.57. The summed E-state index contributed by atoms with van der Waals surface area (Å²) in [5.74, 6) is -0.689. The van der Waals surface area contributed by atoms with E-state index in [-0.39, 0.29) is 5.56 Å². The highest BCUT2D eigenvalue weighted by atomic mass is 16.4. The summed E-state index contributed by atoms with van der Waals surface area (Å²) < 4.78 is 0. The predicted octanol–water partition coefficient (Wildman–Crippen LogP) is 0.520. The Morgan fingerprint density at radius 3 is 3.06 bits per heavy atom. The molecule has 2 heterocycles. The molecular weight excluding hydrogens is 222 g/mol. The van der Waals surface area contributed by atoms with Gasteiger partial charge < -0.3 is 10.4 Å². The fourth-order valence-electron chi connectivity index (χ4n) is 1.36. The van der Waals surface area contributed by atoms with Crippen molar-refractivity contribution in [2.45, 2.75) is 6.54 Å². The lowest BCUT2D eigenvalue weighted by molar-refractivity contribution is 0.0697. The lowest BCUT2D eigenvalue weighted by atomic mass is 10.2. The molecule has 0 saturated heterocycles. The number of hydrogen-bond acceptors (Lipinski definition) is 5. The molecule has 2 rings (SSSR count). The van der Waals surface area contributed by atoms with Crippen LogP contribution in [0.4, 0.5) is 5.82 Å². The summed E-state index contributed by atoms with van der Waals surface area (Å²) >= 11 is 0. The van der Waals surface area contributed by atoms with Crippen LogP contribution < -0.4 is 5.32 Å². The van der Waals surface area contributed by atoms with Gasteiger partial charge in [-0.25, -0.2) is 9.78 Å². The van der Waals surface area contributed by atoms with Gasteiger partial charge in [0.15, 0.2) is 0 Å². The molecule has 2 aromatic rings. The van der Waals surface area contributed by atoms with E-state index < -0.39 is 5.97 Å². The largest absolute Gasteiger partial charge is 0.478 e. The van der Waals surface area contributed by atoms with Gasteiger partial charge in [-0.3, -0.25) is 0 Å². The summed E-state index contributed by atoms with van der Waals surface area (Å²) in [4.78, 5) is 16.3. The van der Waals surface area contributed by atoms with Crippen molar-refractivity contribution < 1.29 is 9.90 Å². The molecule has 2 N–H and O–H groups in total. The molecule has 0 fully saturated rings. The Kier molecular flexibility index (Phi) is 2.99. The topological polar surface area (TPSA) is 92.9 Å². The Morgan fingerprint density at radius 2 is 2.41 bits per heavy atom. The maximum atomic E-state index is 10.9. The summed E-state index contributed by atoms with van der Waals surface area (Å²) in [7, 11) is 1.72. The van der Waals surface area contributed by atoms with Gasteiger partial charge in [-0.05, 0) is 12.1 Å². The van der Waals surface area contributed by atoms with E-state index in [1.807, 2.05) is 0 Å². The quantitative estimate of drug-likeness (QED) is 0.799. The first-order valence-corrected chi connectivity index (χ1v) is 4.94. The Labute approximate surface area is 97.1 Å².